The molecule has 2 aromatic rings. The zero-order valence-corrected chi connectivity index (χ0v) is 10.8. The third-order valence-corrected chi connectivity index (χ3v) is 2.71. The van der Waals surface area contributed by atoms with Gasteiger partial charge in [0.15, 0.2) is 6.79 Å². The lowest BCUT2D eigenvalue weighted by molar-refractivity contribution is 0.0511. The lowest BCUT2D eigenvalue weighted by Gasteiger charge is -2.16. The van der Waals surface area contributed by atoms with Crippen molar-refractivity contribution in [1.29, 1.82) is 0 Å². The molecular formula is C15H15BFO2-. The largest absolute Gasteiger partial charge is 0.468 e. The summed E-state index contributed by atoms with van der Waals surface area (Å²) in [5.41, 5.74) is 2.19. The molecule has 0 unspecified atom stereocenters. The van der Waals surface area contributed by atoms with E-state index in [9.17, 15) is 4.39 Å². The number of halogens is 1. The maximum Gasteiger partial charge on any atom is 0.188 e. The summed E-state index contributed by atoms with van der Waals surface area (Å²) in [5.74, 6) is 0.573. The van der Waals surface area contributed by atoms with E-state index in [0.29, 0.717) is 0 Å². The number of hydrogen-bond acceptors (Lipinski definition) is 2. The third-order valence-electron chi connectivity index (χ3n) is 2.71. The highest BCUT2D eigenvalue weighted by Crippen LogP contribution is 2.12. The third kappa shape index (κ3) is 4.41. The predicted octanol–water partition coefficient (Wildman–Crippen LogP) is 2.34. The Morgan fingerprint density at radius 3 is 2.32 bits per heavy atom. The van der Waals surface area contributed by atoms with E-state index in [-0.39, 0.29) is 12.6 Å². The Kier molecular flexibility index (Phi) is 4.98. The maximum absolute atomic E-state index is 12.8. The minimum atomic E-state index is -0.211. The van der Waals surface area contributed by atoms with Crippen LogP contribution in [0.4, 0.5) is 4.39 Å². The van der Waals surface area contributed by atoms with Crippen molar-refractivity contribution in [2.75, 3.05) is 13.9 Å². The van der Waals surface area contributed by atoms with Gasteiger partial charge in [-0.2, -0.15) is 0 Å². The molecule has 0 saturated carbocycles. The Balaban J connectivity index is 1.87. The fraction of sp³-hybridized carbons (Fsp3) is 0.200. The van der Waals surface area contributed by atoms with Gasteiger partial charge >= 0.3 is 0 Å². The van der Waals surface area contributed by atoms with Crippen molar-refractivity contribution in [2.24, 2.45) is 0 Å². The van der Waals surface area contributed by atoms with Crippen molar-refractivity contribution in [3.63, 3.8) is 0 Å². The van der Waals surface area contributed by atoms with Crippen molar-refractivity contribution in [2.45, 2.75) is 6.32 Å². The van der Waals surface area contributed by atoms with Crippen molar-refractivity contribution in [3.8, 4) is 5.75 Å². The molecule has 0 bridgehead atoms. The minimum absolute atomic E-state index is 0.211. The number of hydrogen-bond donors (Lipinski definition) is 0. The van der Waals surface area contributed by atoms with Crippen LogP contribution in [0.3, 0.4) is 0 Å². The van der Waals surface area contributed by atoms with Crippen molar-refractivity contribution >= 4 is 12.7 Å². The highest BCUT2D eigenvalue weighted by Gasteiger charge is 1.92. The normalized spacial score (nSPS) is 10.4. The van der Waals surface area contributed by atoms with Gasteiger partial charge in [-0.05, 0) is 24.3 Å². The van der Waals surface area contributed by atoms with Crippen molar-refractivity contribution in [3.05, 3.63) is 59.9 Å². The molecule has 2 radical (unpaired) electrons. The second-order valence-corrected chi connectivity index (χ2v) is 4.15. The fourth-order valence-corrected chi connectivity index (χ4v) is 1.68. The zero-order chi connectivity index (χ0) is 13.5. The summed E-state index contributed by atoms with van der Waals surface area (Å²) < 4.78 is 22.9. The topological polar surface area (TPSA) is 18.5 Å². The molecule has 19 heavy (non-hydrogen) atoms. The SMILES string of the molecule is COCOc1ccc(C[B-]c2ccc(F)cc2)cc1. The smallest absolute Gasteiger partial charge is 0.188 e. The van der Waals surface area contributed by atoms with E-state index >= 15 is 0 Å². The molecule has 0 amide bonds. The van der Waals surface area contributed by atoms with Crippen molar-refractivity contribution < 1.29 is 13.9 Å². The van der Waals surface area contributed by atoms with Gasteiger partial charge in [0.2, 0.25) is 0 Å². The summed E-state index contributed by atoms with van der Waals surface area (Å²) in [7, 11) is 3.65. The van der Waals surface area contributed by atoms with E-state index in [1.165, 1.54) is 17.7 Å². The first-order chi connectivity index (χ1) is 9.28. The van der Waals surface area contributed by atoms with Gasteiger partial charge in [0.1, 0.15) is 11.6 Å². The molecule has 2 aromatic carbocycles. The summed E-state index contributed by atoms with van der Waals surface area (Å²) >= 11 is 0. The number of ether oxygens (including phenoxy) is 2. The zero-order valence-electron chi connectivity index (χ0n) is 10.8. The van der Waals surface area contributed by atoms with Crippen LogP contribution in [0.2, 0.25) is 0 Å². The van der Waals surface area contributed by atoms with Gasteiger partial charge in [-0.15, -0.1) is 12.1 Å². The van der Waals surface area contributed by atoms with Gasteiger partial charge in [-0.1, -0.05) is 17.7 Å². The molecular weight excluding hydrogens is 242 g/mol. The highest BCUT2D eigenvalue weighted by atomic mass is 19.1. The van der Waals surface area contributed by atoms with E-state index in [2.05, 4.69) is 7.28 Å². The highest BCUT2D eigenvalue weighted by molar-refractivity contribution is 6.52. The van der Waals surface area contributed by atoms with E-state index in [4.69, 9.17) is 9.47 Å². The quantitative estimate of drug-likeness (QED) is 0.584. The lowest BCUT2D eigenvalue weighted by Crippen LogP contribution is -2.16. The van der Waals surface area contributed by atoms with E-state index < -0.39 is 0 Å². The van der Waals surface area contributed by atoms with Gasteiger partial charge in [0, 0.05) is 7.11 Å². The van der Waals surface area contributed by atoms with Crippen LogP contribution in [-0.4, -0.2) is 21.2 Å². The van der Waals surface area contributed by atoms with Crippen LogP contribution in [0.15, 0.2) is 48.5 Å². The van der Waals surface area contributed by atoms with Gasteiger partial charge < -0.3 is 9.47 Å². The lowest BCUT2D eigenvalue weighted by atomic mass is 9.65. The standard InChI is InChI=1S/C15H15BFO2/c1-18-11-19-15-8-2-12(3-9-15)10-16-13-4-6-14(17)7-5-13/h2-9H,10-11H2,1H3/q-1. The molecule has 0 heterocycles. The maximum atomic E-state index is 12.8. The summed E-state index contributed by atoms with van der Waals surface area (Å²) in [4.78, 5) is 0. The molecule has 0 aliphatic heterocycles. The molecule has 0 aliphatic carbocycles. The van der Waals surface area contributed by atoms with Crippen LogP contribution >= 0.6 is 0 Å². The van der Waals surface area contributed by atoms with E-state index in [1.54, 1.807) is 19.2 Å². The molecule has 98 valence electrons. The summed E-state index contributed by atoms with van der Waals surface area (Å²) in [6.45, 7) is 0.251. The predicted molar refractivity (Wildman–Crippen MR) is 74.4 cm³/mol. The van der Waals surface area contributed by atoms with Crippen LogP contribution in [0.25, 0.3) is 0 Å². The Labute approximate surface area is 113 Å². The molecule has 0 aliphatic rings. The average Bonchev–Trinajstić information content (AvgIpc) is 2.46. The number of methoxy groups -OCH3 is 1. The summed E-state index contributed by atoms with van der Waals surface area (Å²) in [6.07, 6.45) is 0.802. The second kappa shape index (κ2) is 6.95. The van der Waals surface area contributed by atoms with Gasteiger partial charge in [-0.3, -0.25) is 12.7 Å². The Morgan fingerprint density at radius 2 is 1.68 bits per heavy atom. The molecule has 4 heteroatoms. The molecule has 2 rings (SSSR count). The molecule has 2 nitrogen and oxygen atoms in total. The number of benzene rings is 2. The van der Waals surface area contributed by atoms with Crippen LogP contribution in [0, 0.1) is 5.82 Å². The molecule has 0 aromatic heterocycles. The molecule has 0 fully saturated rings. The Hall–Kier alpha value is -1.81. The van der Waals surface area contributed by atoms with Gasteiger partial charge in [0.05, 0.1) is 0 Å². The van der Waals surface area contributed by atoms with Crippen LogP contribution in [0.1, 0.15) is 5.56 Å². The summed E-state index contributed by atoms with van der Waals surface area (Å²) in [6, 6.07) is 14.3. The first-order valence-electron chi connectivity index (χ1n) is 6.07. The van der Waals surface area contributed by atoms with Gasteiger partial charge in [0.25, 0.3) is 0 Å². The average molecular weight is 257 g/mol. The van der Waals surface area contributed by atoms with Crippen LogP contribution < -0.4 is 10.2 Å². The molecule has 0 atom stereocenters. The van der Waals surface area contributed by atoms with E-state index in [1.807, 2.05) is 24.3 Å². The monoisotopic (exact) mass is 257 g/mol. The fourth-order valence-electron chi connectivity index (χ4n) is 1.68. The molecule has 0 spiro atoms. The Bertz CT molecular complexity index is 497. The number of rotatable bonds is 6. The first kappa shape index (κ1) is 13.6. The summed E-state index contributed by atoms with van der Waals surface area (Å²) in [5, 5.41) is 0. The first-order valence-corrected chi connectivity index (χ1v) is 6.07. The molecule has 0 N–H and O–H groups in total. The van der Waals surface area contributed by atoms with Crippen LogP contribution in [-0.2, 0) is 11.1 Å². The Morgan fingerprint density at radius 1 is 1.00 bits per heavy atom. The van der Waals surface area contributed by atoms with E-state index in [0.717, 1.165) is 17.5 Å². The second-order valence-electron chi connectivity index (χ2n) is 4.15. The molecule has 0 saturated heterocycles. The van der Waals surface area contributed by atoms with Crippen LogP contribution in [0.5, 0.6) is 5.75 Å². The minimum Gasteiger partial charge on any atom is -0.468 e. The van der Waals surface area contributed by atoms with Gasteiger partial charge in [-0.25, -0.2) is 10.7 Å². The van der Waals surface area contributed by atoms with Crippen molar-refractivity contribution in [1.82, 2.24) is 0 Å².